The van der Waals surface area contributed by atoms with Crippen LogP contribution >= 0.6 is 0 Å². The van der Waals surface area contributed by atoms with E-state index in [9.17, 15) is 18.0 Å². The van der Waals surface area contributed by atoms with Gasteiger partial charge in [0.15, 0.2) is 9.84 Å². The number of carbonyl (C=O) groups is 2. The van der Waals surface area contributed by atoms with Gasteiger partial charge in [0.1, 0.15) is 5.82 Å². The molecule has 0 unspecified atom stereocenters. The Morgan fingerprint density at radius 2 is 1.76 bits per heavy atom. The molecule has 3 amide bonds. The lowest BCUT2D eigenvalue weighted by atomic mass is 10.0. The van der Waals surface area contributed by atoms with Gasteiger partial charge in [0.05, 0.1) is 29.2 Å². The summed E-state index contributed by atoms with van der Waals surface area (Å²) in [6.45, 7) is 0.571. The summed E-state index contributed by atoms with van der Waals surface area (Å²) in [4.78, 5) is 33.6. The normalized spacial score (nSPS) is 24.7. The first kappa shape index (κ1) is 17.5. The lowest BCUT2D eigenvalue weighted by molar-refractivity contribution is 0.0393. The van der Waals surface area contributed by atoms with Gasteiger partial charge in [-0.15, -0.1) is 0 Å². The average Bonchev–Trinajstić information content (AvgIpc) is 2.88. The highest BCUT2D eigenvalue weighted by Gasteiger charge is 2.49. The maximum Gasteiger partial charge on any atom is 0.319 e. The molecule has 3 heterocycles. The van der Waals surface area contributed by atoms with Crippen LogP contribution < -0.4 is 5.73 Å². The number of carbonyl (C=O) groups excluding carboxylic acids is 2. The Hall–Kier alpha value is -2.36. The van der Waals surface area contributed by atoms with E-state index in [2.05, 4.69) is 4.98 Å². The predicted molar refractivity (Wildman–Crippen MR) is 91.7 cm³/mol. The Bertz CT molecular complexity index is 793. The van der Waals surface area contributed by atoms with E-state index in [0.29, 0.717) is 17.9 Å². The topological polar surface area (TPSA) is 117 Å². The molecule has 136 valence electrons. The summed E-state index contributed by atoms with van der Waals surface area (Å²) in [5.41, 5.74) is 5.89. The number of urea groups is 1. The number of hydrogen-bond donors (Lipinski definition) is 1. The molecule has 10 heteroatoms. The summed E-state index contributed by atoms with van der Waals surface area (Å²) in [5.74, 6) is -0.250. The molecule has 2 N–H and O–H groups in total. The lowest BCUT2D eigenvalue weighted by Gasteiger charge is -2.44. The van der Waals surface area contributed by atoms with Crippen molar-refractivity contribution in [1.29, 1.82) is 0 Å². The largest absolute Gasteiger partial charge is 0.384 e. The van der Waals surface area contributed by atoms with Gasteiger partial charge < -0.3 is 20.4 Å². The van der Waals surface area contributed by atoms with Crippen LogP contribution in [0.5, 0.6) is 0 Å². The number of nitrogen functional groups attached to an aromatic ring is 1. The number of hydrogen-bond acceptors (Lipinski definition) is 6. The molecule has 0 aromatic carbocycles. The number of piperazine rings is 1. The fourth-order valence-electron chi connectivity index (χ4n) is 3.40. The van der Waals surface area contributed by atoms with Gasteiger partial charge in [0.2, 0.25) is 0 Å². The van der Waals surface area contributed by atoms with Crippen LogP contribution in [0.1, 0.15) is 10.4 Å². The second kappa shape index (κ2) is 6.17. The van der Waals surface area contributed by atoms with Crippen LogP contribution in [0.25, 0.3) is 0 Å². The third-order valence-electron chi connectivity index (χ3n) is 4.60. The van der Waals surface area contributed by atoms with Crippen molar-refractivity contribution in [1.82, 2.24) is 19.7 Å². The maximum atomic E-state index is 12.8. The molecule has 1 aromatic rings. The van der Waals surface area contributed by atoms with Gasteiger partial charge in [-0.1, -0.05) is 0 Å². The Kier molecular flexibility index (Phi) is 4.31. The molecule has 0 radical (unpaired) electrons. The van der Waals surface area contributed by atoms with E-state index in [1.54, 1.807) is 30.0 Å². The zero-order chi connectivity index (χ0) is 18.4. The van der Waals surface area contributed by atoms with Crippen molar-refractivity contribution >= 4 is 27.6 Å². The van der Waals surface area contributed by atoms with Crippen LogP contribution in [0.3, 0.4) is 0 Å². The van der Waals surface area contributed by atoms with Crippen LogP contribution in [0.4, 0.5) is 10.6 Å². The number of nitrogens with two attached hydrogens (primary N) is 1. The number of nitrogens with zero attached hydrogens (tertiary/aromatic N) is 4. The molecular formula is C15H21N5O4S. The molecule has 0 saturated carbocycles. The molecular weight excluding hydrogens is 346 g/mol. The fraction of sp³-hybridized carbons (Fsp3) is 0.533. The molecule has 2 fully saturated rings. The van der Waals surface area contributed by atoms with Crippen LogP contribution in [0, 0.1) is 0 Å². The number of amides is 3. The van der Waals surface area contributed by atoms with Crippen molar-refractivity contribution in [3.8, 4) is 0 Å². The van der Waals surface area contributed by atoms with Gasteiger partial charge in [-0.3, -0.25) is 4.79 Å². The van der Waals surface area contributed by atoms with Crippen LogP contribution in [-0.4, -0.2) is 90.8 Å². The molecule has 2 saturated heterocycles. The van der Waals surface area contributed by atoms with Gasteiger partial charge in [-0.2, -0.15) is 0 Å². The molecule has 2 aliphatic heterocycles. The van der Waals surface area contributed by atoms with Crippen LogP contribution in [0.2, 0.25) is 0 Å². The minimum Gasteiger partial charge on any atom is -0.384 e. The Morgan fingerprint density at radius 1 is 1.16 bits per heavy atom. The quantitative estimate of drug-likeness (QED) is 0.699. The number of aromatic nitrogens is 1. The first-order chi connectivity index (χ1) is 11.7. The van der Waals surface area contributed by atoms with Crippen molar-refractivity contribution in [2.75, 3.05) is 44.4 Å². The fourth-order valence-corrected chi connectivity index (χ4v) is 5.38. The summed E-state index contributed by atoms with van der Waals surface area (Å²) >= 11 is 0. The lowest BCUT2D eigenvalue weighted by Crippen LogP contribution is -2.63. The van der Waals surface area contributed by atoms with Crippen LogP contribution in [-0.2, 0) is 9.84 Å². The van der Waals surface area contributed by atoms with E-state index in [-0.39, 0.29) is 30.0 Å². The van der Waals surface area contributed by atoms with Crippen molar-refractivity contribution in [3.05, 3.63) is 23.9 Å². The molecule has 0 spiro atoms. The Balaban J connectivity index is 1.89. The smallest absolute Gasteiger partial charge is 0.319 e. The van der Waals surface area contributed by atoms with E-state index in [1.165, 1.54) is 17.2 Å². The van der Waals surface area contributed by atoms with Gasteiger partial charge in [0.25, 0.3) is 5.91 Å². The van der Waals surface area contributed by atoms with E-state index < -0.39 is 21.9 Å². The molecule has 2 atom stereocenters. The highest BCUT2D eigenvalue weighted by molar-refractivity contribution is 7.91. The van der Waals surface area contributed by atoms with Gasteiger partial charge >= 0.3 is 6.03 Å². The molecule has 3 rings (SSSR count). The van der Waals surface area contributed by atoms with E-state index in [1.807, 2.05) is 0 Å². The zero-order valence-electron chi connectivity index (χ0n) is 14.1. The Morgan fingerprint density at radius 3 is 2.32 bits per heavy atom. The monoisotopic (exact) mass is 367 g/mol. The zero-order valence-corrected chi connectivity index (χ0v) is 14.9. The predicted octanol–water partition coefficient (Wildman–Crippen LogP) is -0.731. The molecule has 9 nitrogen and oxygen atoms in total. The molecule has 0 aliphatic carbocycles. The maximum absolute atomic E-state index is 12.8. The summed E-state index contributed by atoms with van der Waals surface area (Å²) in [7, 11) is -0.0715. The number of anilines is 1. The minimum atomic E-state index is -3.32. The third-order valence-corrected chi connectivity index (χ3v) is 6.30. The molecule has 0 bridgehead atoms. The van der Waals surface area contributed by atoms with Gasteiger partial charge in [0, 0.05) is 33.4 Å². The Labute approximate surface area is 146 Å². The third kappa shape index (κ3) is 3.26. The second-order valence-electron chi connectivity index (χ2n) is 6.55. The van der Waals surface area contributed by atoms with Gasteiger partial charge in [-0.25, -0.2) is 18.2 Å². The molecule has 1 aromatic heterocycles. The van der Waals surface area contributed by atoms with E-state index >= 15 is 0 Å². The highest BCUT2D eigenvalue weighted by atomic mass is 32.2. The summed E-state index contributed by atoms with van der Waals surface area (Å²) in [6, 6.07) is 1.78. The average molecular weight is 367 g/mol. The van der Waals surface area contributed by atoms with Crippen molar-refractivity contribution in [2.24, 2.45) is 0 Å². The number of fused-ring (bicyclic) bond motifs is 1. The SMILES string of the molecule is CN(C)C(=O)N1CCN(C(=O)c2ccc(N)nc2)[C@H]2CS(=O)(=O)C[C@H]21. The summed E-state index contributed by atoms with van der Waals surface area (Å²) < 4.78 is 24.3. The van der Waals surface area contributed by atoms with E-state index in [4.69, 9.17) is 5.73 Å². The van der Waals surface area contributed by atoms with Crippen LogP contribution in [0.15, 0.2) is 18.3 Å². The summed E-state index contributed by atoms with van der Waals surface area (Å²) in [5, 5.41) is 0. The number of sulfone groups is 1. The number of rotatable bonds is 1. The first-order valence-corrected chi connectivity index (χ1v) is 9.72. The molecule has 2 aliphatic rings. The van der Waals surface area contributed by atoms with Crippen molar-refractivity contribution < 1.29 is 18.0 Å². The van der Waals surface area contributed by atoms with Crippen molar-refractivity contribution in [3.63, 3.8) is 0 Å². The minimum absolute atomic E-state index is 0.124. The second-order valence-corrected chi connectivity index (χ2v) is 8.71. The number of pyridine rings is 1. The van der Waals surface area contributed by atoms with Gasteiger partial charge in [-0.05, 0) is 12.1 Å². The summed E-state index contributed by atoms with van der Waals surface area (Å²) in [6.07, 6.45) is 1.38. The van der Waals surface area contributed by atoms with E-state index in [0.717, 1.165) is 0 Å². The molecule has 25 heavy (non-hydrogen) atoms. The standard InChI is InChI=1S/C15H21N5O4S/c1-18(2)15(22)20-6-5-19(11-8-25(23,24)9-12(11)20)14(21)10-3-4-13(16)17-7-10/h3-4,7,11-12H,5-6,8-9H2,1-2H3,(H2,16,17)/t11-,12+/m0/s1. The van der Waals surface area contributed by atoms with Crippen molar-refractivity contribution in [2.45, 2.75) is 12.1 Å². The highest BCUT2D eigenvalue weighted by Crippen LogP contribution is 2.28. The first-order valence-electron chi connectivity index (χ1n) is 7.90.